The molecule has 2 aromatic carbocycles. The van der Waals surface area contributed by atoms with Crippen LogP contribution >= 0.6 is 15.9 Å². The molecule has 0 saturated carbocycles. The molecule has 1 N–H and O–H groups in total. The van der Waals surface area contributed by atoms with E-state index < -0.39 is 0 Å². The molecular formula is C20H17BrN4. The number of anilines is 1. The number of nitrogens with one attached hydrogen (secondary N) is 1. The number of rotatable bonds is 2. The van der Waals surface area contributed by atoms with Crippen molar-refractivity contribution in [3.63, 3.8) is 0 Å². The zero-order valence-corrected chi connectivity index (χ0v) is 15.3. The van der Waals surface area contributed by atoms with E-state index in [1.54, 1.807) is 0 Å². The second-order valence-corrected chi connectivity index (χ2v) is 6.93. The third-order valence-electron chi connectivity index (χ3n) is 4.51. The standard InChI is InChI=1S/C20H17BrN4/c21-17-10-3-2-8-15(17)19-16-9-5-6-12-23-20(16)25(24-19)18-11-4-1-7-14(18)13-22/h1-4,7-8,10-11,23H,5-6,9,12H2. The molecule has 0 unspecified atom stereocenters. The summed E-state index contributed by atoms with van der Waals surface area (Å²) in [5, 5.41) is 17.9. The molecule has 0 spiro atoms. The molecule has 0 fully saturated rings. The number of hydrogen-bond donors (Lipinski definition) is 1. The predicted octanol–water partition coefficient (Wildman–Crippen LogP) is 4.92. The van der Waals surface area contributed by atoms with E-state index in [9.17, 15) is 5.26 Å². The Morgan fingerprint density at radius 1 is 1.08 bits per heavy atom. The van der Waals surface area contributed by atoms with Crippen LogP contribution in [0.3, 0.4) is 0 Å². The van der Waals surface area contributed by atoms with Crippen LogP contribution in [-0.2, 0) is 6.42 Å². The van der Waals surface area contributed by atoms with Gasteiger partial charge in [0.1, 0.15) is 11.9 Å². The van der Waals surface area contributed by atoms with Crippen molar-refractivity contribution in [2.45, 2.75) is 19.3 Å². The molecule has 0 aliphatic carbocycles. The van der Waals surface area contributed by atoms with Gasteiger partial charge in [0.05, 0.1) is 16.9 Å². The maximum absolute atomic E-state index is 9.49. The Balaban J connectivity index is 1.98. The molecule has 0 amide bonds. The first-order valence-electron chi connectivity index (χ1n) is 8.40. The average molecular weight is 393 g/mol. The second kappa shape index (κ2) is 6.73. The summed E-state index contributed by atoms with van der Waals surface area (Å²) in [6.07, 6.45) is 3.24. The summed E-state index contributed by atoms with van der Waals surface area (Å²) in [4.78, 5) is 0. The number of para-hydroxylation sites is 1. The van der Waals surface area contributed by atoms with Gasteiger partial charge in [-0.1, -0.05) is 46.3 Å². The first-order chi connectivity index (χ1) is 12.3. The zero-order valence-electron chi connectivity index (χ0n) is 13.7. The molecule has 124 valence electrons. The Labute approximate surface area is 155 Å². The van der Waals surface area contributed by atoms with Gasteiger partial charge in [-0.05, 0) is 37.5 Å². The fraction of sp³-hybridized carbons (Fsp3) is 0.200. The molecule has 2 heterocycles. The molecular weight excluding hydrogens is 376 g/mol. The van der Waals surface area contributed by atoms with Crippen molar-refractivity contribution in [2.24, 2.45) is 0 Å². The van der Waals surface area contributed by atoms with E-state index >= 15 is 0 Å². The minimum absolute atomic E-state index is 0.623. The molecule has 25 heavy (non-hydrogen) atoms. The summed E-state index contributed by atoms with van der Waals surface area (Å²) < 4.78 is 2.92. The molecule has 3 aromatic rings. The topological polar surface area (TPSA) is 53.6 Å². The maximum atomic E-state index is 9.49. The molecule has 1 aliphatic rings. The summed E-state index contributed by atoms with van der Waals surface area (Å²) in [5.74, 6) is 1.01. The lowest BCUT2D eigenvalue weighted by atomic mass is 10.0. The van der Waals surface area contributed by atoms with Crippen LogP contribution in [0.4, 0.5) is 5.82 Å². The molecule has 4 rings (SSSR count). The number of benzene rings is 2. The van der Waals surface area contributed by atoms with Gasteiger partial charge >= 0.3 is 0 Å². The summed E-state index contributed by atoms with van der Waals surface area (Å²) in [5.41, 5.74) is 4.71. The molecule has 0 radical (unpaired) electrons. The predicted molar refractivity (Wildman–Crippen MR) is 103 cm³/mol. The quantitative estimate of drug-likeness (QED) is 0.672. The summed E-state index contributed by atoms with van der Waals surface area (Å²) >= 11 is 3.65. The molecule has 0 bridgehead atoms. The molecule has 0 saturated heterocycles. The van der Waals surface area contributed by atoms with Gasteiger partial charge in [0.15, 0.2) is 0 Å². The number of fused-ring (bicyclic) bond motifs is 1. The van der Waals surface area contributed by atoms with E-state index in [1.165, 1.54) is 5.56 Å². The Bertz CT molecular complexity index is 968. The second-order valence-electron chi connectivity index (χ2n) is 6.08. The van der Waals surface area contributed by atoms with Crippen molar-refractivity contribution < 1.29 is 0 Å². The van der Waals surface area contributed by atoms with Crippen molar-refractivity contribution in [2.75, 3.05) is 11.9 Å². The van der Waals surface area contributed by atoms with Gasteiger partial charge in [0, 0.05) is 22.1 Å². The van der Waals surface area contributed by atoms with E-state index in [0.717, 1.165) is 53.0 Å². The van der Waals surface area contributed by atoms with Gasteiger partial charge in [-0.2, -0.15) is 10.4 Å². The summed E-state index contributed by atoms with van der Waals surface area (Å²) in [7, 11) is 0. The average Bonchev–Trinajstić information content (AvgIpc) is 2.83. The molecule has 0 atom stereocenters. The van der Waals surface area contributed by atoms with Gasteiger partial charge < -0.3 is 5.32 Å². The van der Waals surface area contributed by atoms with E-state index in [1.807, 2.05) is 47.1 Å². The third kappa shape index (κ3) is 2.83. The Morgan fingerprint density at radius 2 is 1.88 bits per heavy atom. The molecule has 5 heteroatoms. The highest BCUT2D eigenvalue weighted by Crippen LogP contribution is 2.37. The number of halogens is 1. The van der Waals surface area contributed by atoms with Gasteiger partial charge in [0.25, 0.3) is 0 Å². The van der Waals surface area contributed by atoms with Gasteiger partial charge in [-0.3, -0.25) is 0 Å². The summed E-state index contributed by atoms with van der Waals surface area (Å²) in [6, 6.07) is 18.0. The van der Waals surface area contributed by atoms with Crippen LogP contribution in [0.15, 0.2) is 53.0 Å². The highest BCUT2D eigenvalue weighted by atomic mass is 79.9. The SMILES string of the molecule is N#Cc1ccccc1-n1nc(-c2ccccc2Br)c2c1NCCCC2. The van der Waals surface area contributed by atoms with Crippen LogP contribution in [0.5, 0.6) is 0 Å². The van der Waals surface area contributed by atoms with Crippen LogP contribution in [0.2, 0.25) is 0 Å². The molecule has 1 aliphatic heterocycles. The first-order valence-corrected chi connectivity index (χ1v) is 9.19. The van der Waals surface area contributed by atoms with Crippen molar-refractivity contribution in [3.05, 3.63) is 64.1 Å². The van der Waals surface area contributed by atoms with Crippen LogP contribution in [0, 0.1) is 11.3 Å². The fourth-order valence-electron chi connectivity index (χ4n) is 3.30. The third-order valence-corrected chi connectivity index (χ3v) is 5.20. The normalized spacial score (nSPS) is 13.4. The van der Waals surface area contributed by atoms with Crippen molar-refractivity contribution >= 4 is 21.7 Å². The summed E-state index contributed by atoms with van der Waals surface area (Å²) in [6.45, 7) is 0.919. The van der Waals surface area contributed by atoms with Crippen molar-refractivity contribution in [3.8, 4) is 23.0 Å². The number of aromatic nitrogens is 2. The van der Waals surface area contributed by atoms with Crippen molar-refractivity contribution in [1.82, 2.24) is 9.78 Å². The number of nitrogens with zero attached hydrogens (tertiary/aromatic N) is 3. The van der Waals surface area contributed by atoms with Crippen LogP contribution < -0.4 is 5.32 Å². The van der Waals surface area contributed by atoms with E-state index in [-0.39, 0.29) is 0 Å². The van der Waals surface area contributed by atoms with Crippen molar-refractivity contribution in [1.29, 1.82) is 5.26 Å². The minimum Gasteiger partial charge on any atom is -0.370 e. The highest BCUT2D eigenvalue weighted by molar-refractivity contribution is 9.10. The smallest absolute Gasteiger partial charge is 0.133 e. The van der Waals surface area contributed by atoms with Gasteiger partial charge in [-0.25, -0.2) is 4.68 Å². The lowest BCUT2D eigenvalue weighted by Crippen LogP contribution is -2.08. The van der Waals surface area contributed by atoms with E-state index in [2.05, 4.69) is 33.4 Å². The lowest BCUT2D eigenvalue weighted by Gasteiger charge is -2.10. The zero-order chi connectivity index (χ0) is 17.2. The van der Waals surface area contributed by atoms with E-state index in [4.69, 9.17) is 5.10 Å². The van der Waals surface area contributed by atoms with Gasteiger partial charge in [-0.15, -0.1) is 0 Å². The Morgan fingerprint density at radius 3 is 2.72 bits per heavy atom. The first kappa shape index (κ1) is 15.9. The van der Waals surface area contributed by atoms with Gasteiger partial charge in [0.2, 0.25) is 0 Å². The van der Waals surface area contributed by atoms with Crippen LogP contribution in [0.1, 0.15) is 24.0 Å². The molecule has 4 nitrogen and oxygen atoms in total. The highest BCUT2D eigenvalue weighted by Gasteiger charge is 2.23. The largest absolute Gasteiger partial charge is 0.370 e. The lowest BCUT2D eigenvalue weighted by molar-refractivity contribution is 0.780. The monoisotopic (exact) mass is 392 g/mol. The molecule has 1 aromatic heterocycles. The Kier molecular flexibility index (Phi) is 4.29. The van der Waals surface area contributed by atoms with Crippen LogP contribution in [-0.4, -0.2) is 16.3 Å². The van der Waals surface area contributed by atoms with Crippen LogP contribution in [0.25, 0.3) is 16.9 Å². The number of hydrogen-bond acceptors (Lipinski definition) is 3. The Hall–Kier alpha value is -2.58. The minimum atomic E-state index is 0.623. The maximum Gasteiger partial charge on any atom is 0.133 e. The van der Waals surface area contributed by atoms with E-state index in [0.29, 0.717) is 5.56 Å². The fourth-order valence-corrected chi connectivity index (χ4v) is 3.77. The number of nitriles is 1.